The number of halogens is 1. The van der Waals surface area contributed by atoms with E-state index in [2.05, 4.69) is 5.32 Å². The van der Waals surface area contributed by atoms with Gasteiger partial charge in [0.05, 0.1) is 5.54 Å². The smallest absolute Gasteiger partial charge is 0.237 e. The highest BCUT2D eigenvalue weighted by Gasteiger charge is 2.44. The molecule has 1 aromatic rings. The molecular formula is C15H21FN2OS. The van der Waals surface area contributed by atoms with Gasteiger partial charge in [-0.3, -0.25) is 4.79 Å². The Hall–Kier alpha value is -1.07. The van der Waals surface area contributed by atoms with Gasteiger partial charge < -0.3 is 11.1 Å². The van der Waals surface area contributed by atoms with Crippen molar-refractivity contribution in [3.8, 4) is 0 Å². The molecule has 1 aromatic carbocycles. The number of carbonyl (C=O) groups excluding carboxylic acids is 1. The Morgan fingerprint density at radius 1 is 1.55 bits per heavy atom. The summed E-state index contributed by atoms with van der Waals surface area (Å²) in [6.45, 7) is 4.02. The molecular weight excluding hydrogens is 275 g/mol. The Balaban J connectivity index is 2.05. The summed E-state index contributed by atoms with van der Waals surface area (Å²) < 4.78 is 13.2. The van der Waals surface area contributed by atoms with Gasteiger partial charge in [0.15, 0.2) is 0 Å². The molecule has 0 bridgehead atoms. The van der Waals surface area contributed by atoms with Crippen molar-refractivity contribution in [3.63, 3.8) is 0 Å². The average molecular weight is 296 g/mol. The van der Waals surface area contributed by atoms with Crippen molar-refractivity contribution in [1.29, 1.82) is 0 Å². The molecule has 0 aliphatic heterocycles. The maximum absolute atomic E-state index is 13.2. The van der Waals surface area contributed by atoms with E-state index in [-0.39, 0.29) is 23.0 Å². The lowest BCUT2D eigenvalue weighted by Gasteiger charge is -2.29. The highest BCUT2D eigenvalue weighted by molar-refractivity contribution is 8.00. The summed E-state index contributed by atoms with van der Waals surface area (Å²) in [4.78, 5) is 12.7. The molecule has 1 fully saturated rings. The van der Waals surface area contributed by atoms with Gasteiger partial charge in [-0.15, -0.1) is 11.8 Å². The summed E-state index contributed by atoms with van der Waals surface area (Å²) in [6.07, 6.45) is 2.35. The molecule has 20 heavy (non-hydrogen) atoms. The summed E-state index contributed by atoms with van der Waals surface area (Å²) in [5.74, 6) is -0.511. The molecule has 3 N–H and O–H groups in total. The minimum atomic E-state index is -0.612. The van der Waals surface area contributed by atoms with Crippen LogP contribution >= 0.6 is 11.8 Å². The Kier molecular flexibility index (Phi) is 4.70. The van der Waals surface area contributed by atoms with E-state index >= 15 is 0 Å². The molecule has 110 valence electrons. The predicted molar refractivity (Wildman–Crippen MR) is 80.1 cm³/mol. The number of nitrogens with one attached hydrogen (secondary N) is 1. The van der Waals surface area contributed by atoms with Crippen LogP contribution in [0, 0.1) is 5.82 Å². The van der Waals surface area contributed by atoms with Crippen LogP contribution in [0.25, 0.3) is 0 Å². The molecule has 3 nitrogen and oxygen atoms in total. The van der Waals surface area contributed by atoms with Crippen molar-refractivity contribution >= 4 is 17.7 Å². The second kappa shape index (κ2) is 6.14. The zero-order valence-electron chi connectivity index (χ0n) is 11.9. The number of primary amides is 1. The van der Waals surface area contributed by atoms with Crippen LogP contribution in [0.15, 0.2) is 29.2 Å². The van der Waals surface area contributed by atoms with Gasteiger partial charge in [0.25, 0.3) is 0 Å². The second-order valence-corrected chi connectivity index (χ2v) is 7.06. The zero-order valence-corrected chi connectivity index (χ0v) is 12.7. The summed E-state index contributed by atoms with van der Waals surface area (Å²) in [5.41, 5.74) is 4.98. The molecule has 0 radical (unpaired) electrons. The number of hydrogen-bond donors (Lipinski definition) is 2. The minimum Gasteiger partial charge on any atom is -0.368 e. The largest absolute Gasteiger partial charge is 0.368 e. The van der Waals surface area contributed by atoms with Gasteiger partial charge >= 0.3 is 0 Å². The van der Waals surface area contributed by atoms with Gasteiger partial charge in [-0.25, -0.2) is 4.39 Å². The van der Waals surface area contributed by atoms with E-state index in [9.17, 15) is 9.18 Å². The molecule has 1 saturated carbocycles. The molecule has 1 amide bonds. The molecule has 0 aromatic heterocycles. The van der Waals surface area contributed by atoms with E-state index in [1.54, 1.807) is 17.8 Å². The zero-order chi connectivity index (χ0) is 14.8. The third-order valence-corrected chi connectivity index (χ3v) is 4.87. The quantitative estimate of drug-likeness (QED) is 0.878. The van der Waals surface area contributed by atoms with Crippen LogP contribution in [0.4, 0.5) is 4.39 Å². The number of nitrogens with two attached hydrogens (primary N) is 1. The summed E-state index contributed by atoms with van der Waals surface area (Å²) in [7, 11) is 0. The maximum atomic E-state index is 13.2. The standard InChI is InChI=1S/C15H21FN2OS/c1-10(2)18-15(14(17)19)7-6-13(9-15)20-12-5-3-4-11(16)8-12/h3-5,8,10,13,18H,6-7,9H2,1-2H3,(H2,17,19). The number of thioether (sulfide) groups is 1. The first-order valence-electron chi connectivity index (χ1n) is 6.91. The van der Waals surface area contributed by atoms with E-state index in [0.29, 0.717) is 6.42 Å². The highest BCUT2D eigenvalue weighted by atomic mass is 32.2. The summed E-state index contributed by atoms with van der Waals surface area (Å²) in [6, 6.07) is 6.78. The van der Waals surface area contributed by atoms with E-state index < -0.39 is 5.54 Å². The molecule has 5 heteroatoms. The van der Waals surface area contributed by atoms with Gasteiger partial charge in [-0.1, -0.05) is 6.07 Å². The Morgan fingerprint density at radius 2 is 2.30 bits per heavy atom. The highest BCUT2D eigenvalue weighted by Crippen LogP contribution is 2.40. The van der Waals surface area contributed by atoms with Crippen molar-refractivity contribution in [2.75, 3.05) is 0 Å². The van der Waals surface area contributed by atoms with Crippen molar-refractivity contribution in [2.45, 2.75) is 54.8 Å². The molecule has 2 unspecified atom stereocenters. The summed E-state index contributed by atoms with van der Waals surface area (Å²) in [5, 5.41) is 3.61. The lowest BCUT2D eigenvalue weighted by Crippen LogP contribution is -2.56. The third-order valence-electron chi connectivity index (χ3n) is 3.60. The molecule has 0 spiro atoms. The van der Waals surface area contributed by atoms with Crippen molar-refractivity contribution in [2.24, 2.45) is 5.73 Å². The summed E-state index contributed by atoms with van der Waals surface area (Å²) >= 11 is 1.62. The number of benzene rings is 1. The Bertz CT molecular complexity index is 495. The van der Waals surface area contributed by atoms with Gasteiger partial charge in [0, 0.05) is 16.2 Å². The predicted octanol–water partition coefficient (Wildman–Crippen LogP) is 2.69. The van der Waals surface area contributed by atoms with E-state index in [0.717, 1.165) is 17.7 Å². The van der Waals surface area contributed by atoms with Crippen LogP contribution in [0.1, 0.15) is 33.1 Å². The molecule has 0 heterocycles. The van der Waals surface area contributed by atoms with Crippen LogP contribution in [0.2, 0.25) is 0 Å². The first-order valence-corrected chi connectivity index (χ1v) is 7.79. The molecule has 1 aliphatic carbocycles. The molecule has 1 aliphatic rings. The van der Waals surface area contributed by atoms with Crippen LogP contribution in [0.3, 0.4) is 0 Å². The number of hydrogen-bond acceptors (Lipinski definition) is 3. The topological polar surface area (TPSA) is 55.1 Å². The average Bonchev–Trinajstić information content (AvgIpc) is 2.72. The minimum absolute atomic E-state index is 0.209. The van der Waals surface area contributed by atoms with Crippen LogP contribution in [-0.2, 0) is 4.79 Å². The van der Waals surface area contributed by atoms with E-state index in [1.807, 2.05) is 19.9 Å². The molecule has 2 atom stereocenters. The van der Waals surface area contributed by atoms with Gasteiger partial charge in [-0.05, 0) is 51.3 Å². The first-order chi connectivity index (χ1) is 9.41. The normalized spacial score (nSPS) is 26.1. The fraction of sp³-hybridized carbons (Fsp3) is 0.533. The fourth-order valence-corrected chi connectivity index (χ4v) is 4.14. The Morgan fingerprint density at radius 3 is 2.90 bits per heavy atom. The number of carbonyl (C=O) groups is 1. The van der Waals surface area contributed by atoms with Crippen molar-refractivity contribution in [3.05, 3.63) is 30.1 Å². The van der Waals surface area contributed by atoms with Crippen molar-refractivity contribution in [1.82, 2.24) is 5.32 Å². The fourth-order valence-electron chi connectivity index (χ4n) is 2.81. The Labute approximate surface area is 123 Å². The first kappa shape index (κ1) is 15.3. The van der Waals surface area contributed by atoms with Gasteiger partial charge in [-0.2, -0.15) is 0 Å². The lowest BCUT2D eigenvalue weighted by atomic mass is 9.96. The van der Waals surface area contributed by atoms with Crippen LogP contribution in [-0.4, -0.2) is 22.7 Å². The van der Waals surface area contributed by atoms with Gasteiger partial charge in [0.2, 0.25) is 5.91 Å². The SMILES string of the molecule is CC(C)NC1(C(N)=O)CCC(Sc2cccc(F)c2)C1. The monoisotopic (exact) mass is 296 g/mol. The number of rotatable bonds is 5. The maximum Gasteiger partial charge on any atom is 0.237 e. The lowest BCUT2D eigenvalue weighted by molar-refractivity contribution is -0.124. The van der Waals surface area contributed by atoms with Crippen molar-refractivity contribution < 1.29 is 9.18 Å². The van der Waals surface area contributed by atoms with Crippen LogP contribution < -0.4 is 11.1 Å². The van der Waals surface area contributed by atoms with Gasteiger partial charge in [0.1, 0.15) is 5.82 Å². The molecule has 2 rings (SSSR count). The third kappa shape index (κ3) is 3.52. The molecule has 0 saturated heterocycles. The van der Waals surface area contributed by atoms with Crippen LogP contribution in [0.5, 0.6) is 0 Å². The van der Waals surface area contributed by atoms with E-state index in [4.69, 9.17) is 5.73 Å². The second-order valence-electron chi connectivity index (χ2n) is 5.69. The number of amides is 1. The van der Waals surface area contributed by atoms with E-state index in [1.165, 1.54) is 12.1 Å².